The Morgan fingerprint density at radius 2 is 1.81 bits per heavy atom. The Kier molecular flexibility index (Phi) is 5.99. The summed E-state index contributed by atoms with van der Waals surface area (Å²) in [6.07, 6.45) is 2.86. The third-order valence-corrected chi connectivity index (χ3v) is 4.06. The fourth-order valence-corrected chi connectivity index (χ4v) is 2.05. The van der Waals surface area contributed by atoms with E-state index in [4.69, 9.17) is 0 Å². The van der Waals surface area contributed by atoms with Crippen molar-refractivity contribution in [1.29, 1.82) is 0 Å². The van der Waals surface area contributed by atoms with Crippen molar-refractivity contribution in [3.63, 3.8) is 0 Å². The Labute approximate surface area is 125 Å². The maximum atomic E-state index is 11.9. The summed E-state index contributed by atoms with van der Waals surface area (Å²) in [6, 6.07) is -0.178. The van der Waals surface area contributed by atoms with E-state index in [9.17, 15) is 19.5 Å². The van der Waals surface area contributed by atoms with Crippen LogP contribution in [-0.4, -0.2) is 54.1 Å². The van der Waals surface area contributed by atoms with Crippen molar-refractivity contribution in [3.8, 4) is 0 Å². The fraction of sp³-hybridized carbons (Fsp3) is 0.786. The zero-order valence-electron chi connectivity index (χ0n) is 12.9. The number of hydrogen-bond donors (Lipinski definition) is 3. The second-order valence-electron chi connectivity index (χ2n) is 5.65. The zero-order chi connectivity index (χ0) is 16.0. The second-order valence-corrected chi connectivity index (χ2v) is 5.65. The predicted molar refractivity (Wildman–Crippen MR) is 77.8 cm³/mol. The second kappa shape index (κ2) is 7.28. The normalized spacial score (nSPS) is 14.4. The summed E-state index contributed by atoms with van der Waals surface area (Å²) in [5, 5.41) is 14.7. The first-order chi connectivity index (χ1) is 9.84. The minimum atomic E-state index is -0.952. The Morgan fingerprint density at radius 1 is 1.24 bits per heavy atom. The molecule has 0 heterocycles. The first-order valence-corrected chi connectivity index (χ1v) is 7.36. The molecule has 0 radical (unpaired) electrons. The van der Waals surface area contributed by atoms with Crippen LogP contribution >= 0.6 is 0 Å². The number of urea groups is 1. The van der Waals surface area contributed by atoms with E-state index in [0.29, 0.717) is 12.8 Å². The molecule has 3 N–H and O–H groups in total. The molecule has 3 amide bonds. The molecule has 0 aromatic rings. The van der Waals surface area contributed by atoms with Crippen molar-refractivity contribution in [1.82, 2.24) is 15.5 Å². The average molecular weight is 299 g/mol. The average Bonchev–Trinajstić information content (AvgIpc) is 3.23. The van der Waals surface area contributed by atoms with Gasteiger partial charge in [0.25, 0.3) is 0 Å². The van der Waals surface area contributed by atoms with Crippen molar-refractivity contribution in [2.24, 2.45) is 5.41 Å². The number of nitrogens with one attached hydrogen (secondary N) is 2. The number of amides is 3. The number of carboxylic acid groups (broad SMARTS) is 1. The number of carbonyl (C=O) groups excluding carboxylic acids is 2. The first-order valence-electron chi connectivity index (χ1n) is 7.36. The highest BCUT2D eigenvalue weighted by molar-refractivity contribution is 5.84. The molecule has 1 rings (SSSR count). The van der Waals surface area contributed by atoms with Crippen molar-refractivity contribution >= 4 is 17.9 Å². The molecule has 0 spiro atoms. The summed E-state index contributed by atoms with van der Waals surface area (Å²) in [4.78, 5) is 36.1. The monoisotopic (exact) mass is 299 g/mol. The molecule has 0 bridgehead atoms. The van der Waals surface area contributed by atoms with Gasteiger partial charge in [-0.25, -0.2) is 4.79 Å². The van der Waals surface area contributed by atoms with Crippen LogP contribution < -0.4 is 10.6 Å². The van der Waals surface area contributed by atoms with Gasteiger partial charge in [-0.05, 0) is 25.7 Å². The highest BCUT2D eigenvalue weighted by atomic mass is 16.4. The van der Waals surface area contributed by atoms with Crippen LogP contribution in [0.25, 0.3) is 0 Å². The number of carboxylic acids is 1. The van der Waals surface area contributed by atoms with Crippen LogP contribution in [0, 0.1) is 5.41 Å². The van der Waals surface area contributed by atoms with Crippen LogP contribution in [0.15, 0.2) is 0 Å². The van der Waals surface area contributed by atoms with Gasteiger partial charge in [-0.3, -0.25) is 9.59 Å². The van der Waals surface area contributed by atoms with E-state index in [0.717, 1.165) is 12.8 Å². The number of rotatable bonds is 8. The summed E-state index contributed by atoms with van der Waals surface area (Å²) >= 11 is 0. The highest BCUT2D eigenvalue weighted by Gasteiger charge is 2.35. The summed E-state index contributed by atoms with van der Waals surface area (Å²) in [5.74, 6) is -1.10. The first kappa shape index (κ1) is 17.3. The van der Waals surface area contributed by atoms with Gasteiger partial charge in [-0.15, -0.1) is 0 Å². The number of hydrogen-bond acceptors (Lipinski definition) is 3. The summed E-state index contributed by atoms with van der Waals surface area (Å²) in [7, 11) is 1.52. The Morgan fingerprint density at radius 3 is 2.24 bits per heavy atom. The Hall–Kier alpha value is -1.79. The lowest BCUT2D eigenvalue weighted by Gasteiger charge is -2.28. The molecular formula is C14H25N3O4. The Balaban J connectivity index is 2.43. The maximum Gasteiger partial charge on any atom is 0.317 e. The lowest BCUT2D eigenvalue weighted by atomic mass is 9.82. The van der Waals surface area contributed by atoms with Crippen LogP contribution in [0.2, 0.25) is 0 Å². The molecule has 0 atom stereocenters. The minimum Gasteiger partial charge on any atom is -0.481 e. The maximum absolute atomic E-state index is 11.9. The van der Waals surface area contributed by atoms with Crippen LogP contribution in [0.5, 0.6) is 0 Å². The van der Waals surface area contributed by atoms with E-state index in [1.165, 1.54) is 11.9 Å². The molecule has 0 aliphatic heterocycles. The molecule has 1 aliphatic rings. The van der Waals surface area contributed by atoms with Crippen LogP contribution in [-0.2, 0) is 9.59 Å². The molecule has 1 aliphatic carbocycles. The van der Waals surface area contributed by atoms with Gasteiger partial charge >= 0.3 is 12.0 Å². The smallest absolute Gasteiger partial charge is 0.317 e. The number of carbonyl (C=O) groups is 3. The van der Waals surface area contributed by atoms with Crippen molar-refractivity contribution in [2.75, 3.05) is 20.1 Å². The van der Waals surface area contributed by atoms with Crippen molar-refractivity contribution in [3.05, 3.63) is 0 Å². The number of likely N-dealkylation sites (N-methyl/N-ethyl adjacent to an activating group) is 1. The molecule has 7 nitrogen and oxygen atoms in total. The molecule has 1 saturated carbocycles. The molecule has 21 heavy (non-hydrogen) atoms. The summed E-state index contributed by atoms with van der Waals surface area (Å²) < 4.78 is 0. The van der Waals surface area contributed by atoms with E-state index >= 15 is 0 Å². The minimum absolute atomic E-state index is 0.0271. The molecule has 0 aromatic heterocycles. The van der Waals surface area contributed by atoms with Crippen LogP contribution in [0.1, 0.15) is 39.5 Å². The third-order valence-electron chi connectivity index (χ3n) is 4.06. The highest BCUT2D eigenvalue weighted by Crippen LogP contribution is 2.25. The van der Waals surface area contributed by atoms with Crippen molar-refractivity contribution < 1.29 is 19.5 Å². The van der Waals surface area contributed by atoms with E-state index in [1.54, 1.807) is 13.8 Å². The van der Waals surface area contributed by atoms with Crippen LogP contribution in [0.3, 0.4) is 0 Å². The molecule has 0 saturated heterocycles. The van der Waals surface area contributed by atoms with Gasteiger partial charge in [0.05, 0.1) is 5.41 Å². The topological polar surface area (TPSA) is 98.7 Å². The van der Waals surface area contributed by atoms with Gasteiger partial charge < -0.3 is 20.6 Å². The van der Waals surface area contributed by atoms with E-state index in [-0.39, 0.29) is 25.0 Å². The van der Waals surface area contributed by atoms with E-state index in [2.05, 4.69) is 10.6 Å². The number of nitrogens with zero attached hydrogens (tertiary/aromatic N) is 1. The largest absolute Gasteiger partial charge is 0.481 e. The fourth-order valence-electron chi connectivity index (χ4n) is 2.05. The van der Waals surface area contributed by atoms with Gasteiger partial charge in [0.15, 0.2) is 0 Å². The molecule has 7 heteroatoms. The standard InChI is InChI=1S/C14H25N3O4/c1-4-14(5-2,12(19)20)9-15-13(21)17(3)8-11(18)16-10-6-7-10/h10H,4-9H2,1-3H3,(H,15,21)(H,16,18)(H,19,20). The summed E-state index contributed by atoms with van der Waals surface area (Å²) in [5.41, 5.74) is -0.952. The van der Waals surface area contributed by atoms with Gasteiger partial charge in [0.1, 0.15) is 6.54 Å². The lowest BCUT2D eigenvalue weighted by molar-refractivity contribution is -0.149. The molecule has 1 fully saturated rings. The number of aliphatic carboxylic acids is 1. The molecule has 0 aromatic carbocycles. The zero-order valence-corrected chi connectivity index (χ0v) is 12.9. The third kappa shape index (κ3) is 4.91. The van der Waals surface area contributed by atoms with Gasteiger partial charge in [0, 0.05) is 19.6 Å². The van der Waals surface area contributed by atoms with Crippen molar-refractivity contribution in [2.45, 2.75) is 45.6 Å². The molecular weight excluding hydrogens is 274 g/mol. The van der Waals surface area contributed by atoms with Gasteiger partial charge in [-0.2, -0.15) is 0 Å². The van der Waals surface area contributed by atoms with Gasteiger partial charge in [0.2, 0.25) is 5.91 Å². The molecule has 120 valence electrons. The SMILES string of the molecule is CCC(CC)(CNC(=O)N(C)CC(=O)NC1CC1)C(=O)O. The van der Waals surface area contributed by atoms with Crippen LogP contribution in [0.4, 0.5) is 4.79 Å². The molecule has 0 unspecified atom stereocenters. The predicted octanol–water partition coefficient (Wildman–Crippen LogP) is 0.797. The van der Waals surface area contributed by atoms with E-state index < -0.39 is 17.4 Å². The van der Waals surface area contributed by atoms with E-state index in [1.807, 2.05) is 0 Å². The quantitative estimate of drug-likeness (QED) is 0.617. The lowest BCUT2D eigenvalue weighted by Crippen LogP contribution is -2.48. The Bertz CT molecular complexity index is 403. The summed E-state index contributed by atoms with van der Waals surface area (Å²) in [6.45, 7) is 3.61. The van der Waals surface area contributed by atoms with Gasteiger partial charge in [-0.1, -0.05) is 13.8 Å².